The van der Waals surface area contributed by atoms with Crippen LogP contribution in [0.25, 0.3) is 22.3 Å². The fourth-order valence-corrected chi connectivity index (χ4v) is 3.16. The molecule has 6 nitrogen and oxygen atoms in total. The summed E-state index contributed by atoms with van der Waals surface area (Å²) in [5.74, 6) is 0.244. The van der Waals surface area contributed by atoms with E-state index in [-0.39, 0.29) is 0 Å². The molecular formula is C23H19N3O3. The Labute approximate surface area is 167 Å². The molecule has 1 aromatic heterocycles. The second-order valence-corrected chi connectivity index (χ2v) is 6.57. The zero-order chi connectivity index (χ0) is 20.2. The molecule has 4 rings (SSSR count). The van der Waals surface area contributed by atoms with E-state index in [4.69, 9.17) is 10.2 Å². The molecule has 3 amide bonds. The Balaban J connectivity index is 1.58. The number of nitrogens with two attached hydrogens (primary N) is 1. The van der Waals surface area contributed by atoms with Gasteiger partial charge in [-0.1, -0.05) is 48.5 Å². The van der Waals surface area contributed by atoms with Crippen molar-refractivity contribution < 1.29 is 14.0 Å². The van der Waals surface area contributed by atoms with Crippen molar-refractivity contribution in [2.45, 2.75) is 6.04 Å². The minimum Gasteiger partial charge on any atom is -0.456 e. The van der Waals surface area contributed by atoms with Crippen LogP contribution in [0.3, 0.4) is 0 Å². The van der Waals surface area contributed by atoms with Gasteiger partial charge < -0.3 is 15.5 Å². The summed E-state index contributed by atoms with van der Waals surface area (Å²) in [6, 6.07) is 24.8. The highest BCUT2D eigenvalue weighted by Crippen LogP contribution is 2.29. The highest BCUT2D eigenvalue weighted by molar-refractivity contribution is 5.98. The molecular weight excluding hydrogens is 366 g/mol. The topological polar surface area (TPSA) is 97.4 Å². The van der Waals surface area contributed by atoms with Crippen molar-refractivity contribution in [3.8, 4) is 11.3 Å². The average Bonchev–Trinajstić information content (AvgIpc) is 3.17. The minimum atomic E-state index is -0.891. The molecule has 0 unspecified atom stereocenters. The number of furan rings is 1. The SMILES string of the molecule is NC(=O)NC(=O)[C@@H](Nc1ccc(-c2cc3ccccc3o2)cc1)c1ccccc1. The van der Waals surface area contributed by atoms with E-state index < -0.39 is 18.0 Å². The predicted molar refractivity (Wildman–Crippen MR) is 112 cm³/mol. The van der Waals surface area contributed by atoms with Gasteiger partial charge in [0.1, 0.15) is 17.4 Å². The number of anilines is 1. The molecule has 0 fully saturated rings. The molecule has 0 aliphatic heterocycles. The molecule has 3 aromatic carbocycles. The molecule has 4 aromatic rings. The number of primary amides is 1. The first-order valence-corrected chi connectivity index (χ1v) is 9.11. The summed E-state index contributed by atoms with van der Waals surface area (Å²) in [4.78, 5) is 23.6. The van der Waals surface area contributed by atoms with Gasteiger partial charge in [0.05, 0.1) is 0 Å². The number of urea groups is 1. The lowest BCUT2D eigenvalue weighted by molar-refractivity contribution is -0.120. The monoisotopic (exact) mass is 385 g/mol. The fourth-order valence-electron chi connectivity index (χ4n) is 3.16. The van der Waals surface area contributed by atoms with E-state index in [9.17, 15) is 9.59 Å². The smallest absolute Gasteiger partial charge is 0.318 e. The lowest BCUT2D eigenvalue weighted by Crippen LogP contribution is -2.40. The molecule has 144 valence electrons. The van der Waals surface area contributed by atoms with Crippen molar-refractivity contribution in [1.82, 2.24) is 5.32 Å². The molecule has 0 radical (unpaired) electrons. The van der Waals surface area contributed by atoms with Crippen LogP contribution in [-0.2, 0) is 4.79 Å². The number of benzene rings is 3. The van der Waals surface area contributed by atoms with Crippen LogP contribution < -0.4 is 16.4 Å². The maximum atomic E-state index is 12.5. The molecule has 0 spiro atoms. The van der Waals surface area contributed by atoms with Gasteiger partial charge >= 0.3 is 6.03 Å². The summed E-state index contributed by atoms with van der Waals surface area (Å²) < 4.78 is 5.89. The lowest BCUT2D eigenvalue weighted by Gasteiger charge is -2.19. The number of rotatable bonds is 5. The Morgan fingerprint density at radius 2 is 1.55 bits per heavy atom. The average molecular weight is 385 g/mol. The molecule has 1 heterocycles. The number of hydrogen-bond donors (Lipinski definition) is 3. The summed E-state index contributed by atoms with van der Waals surface area (Å²) in [5.41, 5.74) is 8.30. The second-order valence-electron chi connectivity index (χ2n) is 6.57. The number of fused-ring (bicyclic) bond motifs is 1. The van der Waals surface area contributed by atoms with Crippen LogP contribution in [0.4, 0.5) is 10.5 Å². The summed E-state index contributed by atoms with van der Waals surface area (Å²) in [6.07, 6.45) is 0. The first kappa shape index (κ1) is 18.3. The van der Waals surface area contributed by atoms with Gasteiger partial charge in [0.15, 0.2) is 0 Å². The molecule has 29 heavy (non-hydrogen) atoms. The number of amides is 3. The van der Waals surface area contributed by atoms with Gasteiger partial charge in [-0.25, -0.2) is 4.79 Å². The largest absolute Gasteiger partial charge is 0.456 e. The van der Waals surface area contributed by atoms with E-state index in [1.807, 2.05) is 72.8 Å². The van der Waals surface area contributed by atoms with Crippen molar-refractivity contribution >= 4 is 28.6 Å². The number of nitrogens with one attached hydrogen (secondary N) is 2. The number of carbonyl (C=O) groups excluding carboxylic acids is 2. The second kappa shape index (κ2) is 7.90. The molecule has 4 N–H and O–H groups in total. The third kappa shape index (κ3) is 4.11. The Kier molecular flexibility index (Phi) is 4.99. The molecule has 0 bridgehead atoms. The molecule has 0 aliphatic rings. The van der Waals surface area contributed by atoms with E-state index >= 15 is 0 Å². The van der Waals surface area contributed by atoms with Crippen LogP contribution in [0.15, 0.2) is 89.3 Å². The molecule has 1 atom stereocenters. The highest BCUT2D eigenvalue weighted by Gasteiger charge is 2.21. The van der Waals surface area contributed by atoms with Gasteiger partial charge in [-0.15, -0.1) is 0 Å². The van der Waals surface area contributed by atoms with E-state index in [1.165, 1.54) is 0 Å². The zero-order valence-corrected chi connectivity index (χ0v) is 15.5. The molecule has 6 heteroatoms. The summed E-state index contributed by atoms with van der Waals surface area (Å²) >= 11 is 0. The predicted octanol–water partition coefficient (Wildman–Crippen LogP) is 4.45. The maximum Gasteiger partial charge on any atom is 0.318 e. The van der Waals surface area contributed by atoms with Gasteiger partial charge in [-0.05, 0) is 42.0 Å². The van der Waals surface area contributed by atoms with Gasteiger partial charge in [-0.2, -0.15) is 0 Å². The Bertz CT molecular complexity index is 1120. The fraction of sp³-hybridized carbons (Fsp3) is 0.0435. The quantitative estimate of drug-likeness (QED) is 0.473. The first-order chi connectivity index (χ1) is 14.1. The van der Waals surface area contributed by atoms with Crippen LogP contribution in [0.1, 0.15) is 11.6 Å². The van der Waals surface area contributed by atoms with Gasteiger partial charge in [-0.3, -0.25) is 10.1 Å². The minimum absolute atomic E-state index is 0.523. The standard InChI is InChI=1S/C23H19N3O3/c24-23(28)26-22(27)21(16-6-2-1-3-7-16)25-18-12-10-15(11-13-18)20-14-17-8-4-5-9-19(17)29-20/h1-14,21,25H,(H3,24,26,27,28)/t21-/m0/s1. The maximum absolute atomic E-state index is 12.5. The summed E-state index contributed by atoms with van der Waals surface area (Å²) in [6.45, 7) is 0. The third-order valence-electron chi connectivity index (χ3n) is 4.55. The van der Waals surface area contributed by atoms with E-state index in [0.29, 0.717) is 5.56 Å². The van der Waals surface area contributed by atoms with Crippen LogP contribution in [0.2, 0.25) is 0 Å². The van der Waals surface area contributed by atoms with E-state index in [0.717, 1.165) is 28.0 Å². The van der Waals surface area contributed by atoms with Crippen molar-refractivity contribution in [2.75, 3.05) is 5.32 Å². The van der Waals surface area contributed by atoms with Crippen molar-refractivity contribution in [3.05, 3.63) is 90.5 Å². The number of hydrogen-bond acceptors (Lipinski definition) is 4. The van der Waals surface area contributed by atoms with Gasteiger partial charge in [0, 0.05) is 16.6 Å². The summed E-state index contributed by atoms with van der Waals surface area (Å²) in [5, 5.41) is 6.33. The number of carbonyl (C=O) groups is 2. The van der Waals surface area contributed by atoms with Gasteiger partial charge in [0.25, 0.3) is 5.91 Å². The summed E-state index contributed by atoms with van der Waals surface area (Å²) in [7, 11) is 0. The number of imide groups is 1. The first-order valence-electron chi connectivity index (χ1n) is 9.11. The zero-order valence-electron chi connectivity index (χ0n) is 15.5. The van der Waals surface area contributed by atoms with Crippen molar-refractivity contribution in [1.29, 1.82) is 0 Å². The highest BCUT2D eigenvalue weighted by atomic mass is 16.3. The van der Waals surface area contributed by atoms with Crippen molar-refractivity contribution in [3.63, 3.8) is 0 Å². The molecule has 0 saturated heterocycles. The van der Waals surface area contributed by atoms with Gasteiger partial charge in [0.2, 0.25) is 0 Å². The Morgan fingerprint density at radius 3 is 2.24 bits per heavy atom. The van der Waals surface area contributed by atoms with E-state index in [2.05, 4.69) is 10.6 Å². The van der Waals surface area contributed by atoms with Crippen LogP contribution in [0.5, 0.6) is 0 Å². The third-order valence-corrected chi connectivity index (χ3v) is 4.55. The van der Waals surface area contributed by atoms with Crippen LogP contribution in [-0.4, -0.2) is 11.9 Å². The van der Waals surface area contributed by atoms with Crippen LogP contribution in [0, 0.1) is 0 Å². The molecule has 0 aliphatic carbocycles. The van der Waals surface area contributed by atoms with Crippen LogP contribution >= 0.6 is 0 Å². The normalized spacial score (nSPS) is 11.7. The van der Waals surface area contributed by atoms with Crippen molar-refractivity contribution in [2.24, 2.45) is 5.73 Å². The Hall–Kier alpha value is -4.06. The van der Waals surface area contributed by atoms with E-state index in [1.54, 1.807) is 12.1 Å². The molecule has 0 saturated carbocycles. The number of para-hydroxylation sites is 1. The lowest BCUT2D eigenvalue weighted by atomic mass is 10.1. The Morgan fingerprint density at radius 1 is 0.862 bits per heavy atom.